The monoisotopic (exact) mass is 387 g/mol. The molecule has 0 saturated carbocycles. The third-order valence-corrected chi connectivity index (χ3v) is 5.71. The first-order valence-corrected chi connectivity index (χ1v) is 9.95. The van der Waals surface area contributed by atoms with E-state index in [9.17, 15) is 0 Å². The molecule has 29 heavy (non-hydrogen) atoms. The van der Waals surface area contributed by atoms with Crippen LogP contribution in [0, 0.1) is 0 Å². The van der Waals surface area contributed by atoms with E-state index in [0.29, 0.717) is 0 Å². The van der Waals surface area contributed by atoms with Crippen LogP contribution >= 0.6 is 0 Å². The zero-order valence-corrected chi connectivity index (χ0v) is 17.1. The zero-order chi connectivity index (χ0) is 20.0. The minimum Gasteiger partial charge on any atom is -0.368 e. The molecule has 2 aromatic heterocycles. The molecule has 7 heteroatoms. The molecule has 0 N–H and O–H groups in total. The summed E-state index contributed by atoms with van der Waals surface area (Å²) in [7, 11) is 6.14. The third kappa shape index (κ3) is 3.03. The van der Waals surface area contributed by atoms with Gasteiger partial charge in [-0.25, -0.2) is 15.0 Å². The van der Waals surface area contributed by atoms with Gasteiger partial charge in [-0.3, -0.25) is 0 Å². The lowest BCUT2D eigenvalue weighted by molar-refractivity contribution is 0.632. The zero-order valence-electron chi connectivity index (χ0n) is 17.1. The Kier molecular flexibility index (Phi) is 4.23. The molecule has 1 saturated heterocycles. The van der Waals surface area contributed by atoms with Gasteiger partial charge in [0, 0.05) is 58.4 Å². The lowest BCUT2D eigenvalue weighted by atomic mass is 10.1. The smallest absolute Gasteiger partial charge is 0.206 e. The van der Waals surface area contributed by atoms with Crippen molar-refractivity contribution in [2.75, 3.05) is 55.0 Å². The van der Waals surface area contributed by atoms with Crippen molar-refractivity contribution in [2.24, 2.45) is 7.05 Å². The van der Waals surface area contributed by atoms with E-state index in [1.807, 2.05) is 25.1 Å². The summed E-state index contributed by atoms with van der Waals surface area (Å²) in [4.78, 5) is 20.6. The van der Waals surface area contributed by atoms with Crippen LogP contribution in [-0.2, 0) is 7.05 Å². The molecule has 1 aliphatic heterocycles. The first kappa shape index (κ1) is 17.7. The van der Waals surface area contributed by atoms with E-state index in [1.165, 1.54) is 11.2 Å². The molecule has 0 unspecified atom stereocenters. The van der Waals surface area contributed by atoms with Crippen LogP contribution in [0.4, 0.5) is 17.5 Å². The number of aromatic nitrogens is 4. The standard InChI is InChI=1S/C22H25N7/c1-26(2)21-17-14-16(8-9-18(17)23-15-24-21)28-10-12-29(13-11-28)22-25-19-6-4-5-7-20(19)27(22)3/h4-9,14-15H,10-13H2,1-3H3. The van der Waals surface area contributed by atoms with Gasteiger partial charge in [0.05, 0.1) is 16.6 Å². The van der Waals surface area contributed by atoms with Gasteiger partial charge in [0.25, 0.3) is 0 Å². The summed E-state index contributed by atoms with van der Waals surface area (Å²) < 4.78 is 2.20. The Morgan fingerprint density at radius 3 is 2.38 bits per heavy atom. The van der Waals surface area contributed by atoms with Crippen LogP contribution in [0.1, 0.15) is 0 Å². The van der Waals surface area contributed by atoms with Gasteiger partial charge in [-0.1, -0.05) is 12.1 Å². The summed E-state index contributed by atoms with van der Waals surface area (Å²) in [5, 5.41) is 1.09. The summed E-state index contributed by atoms with van der Waals surface area (Å²) in [5.74, 6) is 2.00. The van der Waals surface area contributed by atoms with Crippen LogP contribution in [0.2, 0.25) is 0 Å². The number of hydrogen-bond acceptors (Lipinski definition) is 6. The Balaban J connectivity index is 1.39. The number of rotatable bonds is 3. The maximum absolute atomic E-state index is 4.85. The lowest BCUT2D eigenvalue weighted by Crippen LogP contribution is -2.47. The number of imidazole rings is 1. The fraction of sp³-hybridized carbons (Fsp3) is 0.318. The molecule has 2 aromatic carbocycles. The maximum atomic E-state index is 4.85. The van der Waals surface area contributed by atoms with Crippen LogP contribution in [0.25, 0.3) is 21.9 Å². The number of fused-ring (bicyclic) bond motifs is 2. The molecule has 1 fully saturated rings. The number of aryl methyl sites for hydroxylation is 1. The van der Waals surface area contributed by atoms with Crippen LogP contribution in [0.3, 0.4) is 0 Å². The summed E-state index contributed by atoms with van der Waals surface area (Å²) in [5.41, 5.74) is 4.43. The van der Waals surface area contributed by atoms with E-state index < -0.39 is 0 Å². The van der Waals surface area contributed by atoms with Gasteiger partial charge in [0.2, 0.25) is 5.95 Å². The summed E-state index contributed by atoms with van der Waals surface area (Å²) in [6.07, 6.45) is 1.63. The van der Waals surface area contributed by atoms with Gasteiger partial charge in [-0.05, 0) is 30.3 Å². The molecule has 1 aliphatic rings. The molecular weight excluding hydrogens is 362 g/mol. The molecule has 148 valence electrons. The Hall–Kier alpha value is -3.35. The highest BCUT2D eigenvalue weighted by Gasteiger charge is 2.22. The molecule has 0 atom stereocenters. The normalized spacial score (nSPS) is 14.7. The fourth-order valence-corrected chi connectivity index (χ4v) is 4.16. The second-order valence-corrected chi connectivity index (χ2v) is 7.73. The Morgan fingerprint density at radius 2 is 1.62 bits per heavy atom. The molecule has 0 radical (unpaired) electrons. The fourth-order valence-electron chi connectivity index (χ4n) is 4.16. The molecule has 4 aromatic rings. The van der Waals surface area contributed by atoms with Gasteiger partial charge in [0.15, 0.2) is 0 Å². The molecule has 0 aliphatic carbocycles. The van der Waals surface area contributed by atoms with Crippen LogP contribution in [0.5, 0.6) is 0 Å². The van der Waals surface area contributed by atoms with Crippen LogP contribution < -0.4 is 14.7 Å². The van der Waals surface area contributed by atoms with E-state index in [0.717, 1.165) is 54.4 Å². The van der Waals surface area contributed by atoms with E-state index >= 15 is 0 Å². The molecule has 0 amide bonds. The summed E-state index contributed by atoms with van der Waals surface area (Å²) >= 11 is 0. The van der Waals surface area contributed by atoms with Crippen molar-refractivity contribution < 1.29 is 0 Å². The highest BCUT2D eigenvalue weighted by molar-refractivity contribution is 5.91. The predicted octanol–water partition coefficient (Wildman–Crippen LogP) is 2.91. The molecule has 3 heterocycles. The molecule has 0 spiro atoms. The number of benzene rings is 2. The molecule has 7 nitrogen and oxygen atoms in total. The van der Waals surface area contributed by atoms with Gasteiger partial charge in [0.1, 0.15) is 12.1 Å². The number of hydrogen-bond donors (Lipinski definition) is 0. The largest absolute Gasteiger partial charge is 0.368 e. The van der Waals surface area contributed by atoms with Gasteiger partial charge in [-0.15, -0.1) is 0 Å². The average Bonchev–Trinajstić information content (AvgIpc) is 3.10. The van der Waals surface area contributed by atoms with E-state index in [1.54, 1.807) is 6.33 Å². The Bertz CT molecular complexity index is 1170. The van der Waals surface area contributed by atoms with Gasteiger partial charge in [-0.2, -0.15) is 0 Å². The van der Waals surface area contributed by atoms with Gasteiger partial charge >= 0.3 is 0 Å². The minimum absolute atomic E-state index is 0.945. The second-order valence-electron chi connectivity index (χ2n) is 7.73. The predicted molar refractivity (Wildman–Crippen MR) is 119 cm³/mol. The molecule has 0 bridgehead atoms. The number of piperazine rings is 1. The van der Waals surface area contributed by atoms with Crippen molar-refractivity contribution in [1.82, 2.24) is 19.5 Å². The van der Waals surface area contributed by atoms with Crippen molar-refractivity contribution in [3.63, 3.8) is 0 Å². The highest BCUT2D eigenvalue weighted by Crippen LogP contribution is 2.28. The lowest BCUT2D eigenvalue weighted by Gasteiger charge is -2.36. The van der Waals surface area contributed by atoms with Crippen molar-refractivity contribution in [1.29, 1.82) is 0 Å². The topological polar surface area (TPSA) is 53.3 Å². The highest BCUT2D eigenvalue weighted by atomic mass is 15.4. The second kappa shape index (κ2) is 6.92. The van der Waals surface area contributed by atoms with Crippen LogP contribution in [0.15, 0.2) is 48.8 Å². The average molecular weight is 387 g/mol. The quantitative estimate of drug-likeness (QED) is 0.539. The number of para-hydroxylation sites is 2. The summed E-state index contributed by atoms with van der Waals surface area (Å²) in [6.45, 7) is 3.81. The first-order valence-electron chi connectivity index (χ1n) is 9.95. The van der Waals surface area contributed by atoms with Crippen LogP contribution in [-0.4, -0.2) is 59.8 Å². The number of anilines is 3. The minimum atomic E-state index is 0.945. The van der Waals surface area contributed by atoms with Gasteiger partial charge < -0.3 is 19.3 Å². The van der Waals surface area contributed by atoms with Crippen molar-refractivity contribution >= 4 is 39.4 Å². The van der Waals surface area contributed by atoms with E-state index in [-0.39, 0.29) is 0 Å². The third-order valence-electron chi connectivity index (χ3n) is 5.71. The first-order chi connectivity index (χ1) is 14.1. The molecule has 5 rings (SSSR count). The molecular formula is C22H25N7. The Morgan fingerprint density at radius 1 is 0.862 bits per heavy atom. The maximum Gasteiger partial charge on any atom is 0.206 e. The number of nitrogens with zero attached hydrogens (tertiary/aromatic N) is 7. The van der Waals surface area contributed by atoms with E-state index in [4.69, 9.17) is 4.98 Å². The van der Waals surface area contributed by atoms with E-state index in [2.05, 4.69) is 67.8 Å². The van der Waals surface area contributed by atoms with Crippen molar-refractivity contribution in [3.05, 3.63) is 48.8 Å². The summed E-state index contributed by atoms with van der Waals surface area (Å²) in [6, 6.07) is 14.8. The van der Waals surface area contributed by atoms with Crippen molar-refractivity contribution in [3.8, 4) is 0 Å². The Labute approximate surface area is 170 Å². The SMILES string of the molecule is CN(C)c1ncnc2ccc(N3CCN(c4nc5ccccc5n4C)CC3)cc12. The van der Waals surface area contributed by atoms with Crippen molar-refractivity contribution in [2.45, 2.75) is 0 Å².